The topological polar surface area (TPSA) is 47.3 Å². The Morgan fingerprint density at radius 2 is 2.33 bits per heavy atom. The first kappa shape index (κ1) is 13.6. The van der Waals surface area contributed by atoms with E-state index in [-0.39, 0.29) is 0 Å². The van der Waals surface area contributed by atoms with Crippen LogP contribution in [0.4, 0.5) is 0 Å². The molecule has 1 fully saturated rings. The van der Waals surface area contributed by atoms with Gasteiger partial charge in [-0.05, 0) is 19.3 Å². The summed E-state index contributed by atoms with van der Waals surface area (Å²) in [6.07, 6.45) is 7.50. The maximum Gasteiger partial charge on any atom is 0.195 e. The molecule has 1 unspecified atom stereocenters. The van der Waals surface area contributed by atoms with E-state index in [0.717, 1.165) is 44.1 Å². The number of hydrogen-bond donors (Lipinski definition) is 1. The molecule has 1 aromatic rings. The molecule has 2 rings (SSSR count). The summed E-state index contributed by atoms with van der Waals surface area (Å²) in [5, 5.41) is 3.36. The first-order valence-electron chi connectivity index (χ1n) is 7.02. The van der Waals surface area contributed by atoms with Crippen LogP contribution in [-0.2, 0) is 17.6 Å². The fourth-order valence-corrected chi connectivity index (χ4v) is 2.22. The third-order valence-electron chi connectivity index (χ3n) is 3.20. The predicted molar refractivity (Wildman–Crippen MR) is 70.6 cm³/mol. The van der Waals surface area contributed by atoms with Crippen LogP contribution in [-0.4, -0.2) is 30.3 Å². The number of hydrogen-bond acceptors (Lipinski definition) is 4. The summed E-state index contributed by atoms with van der Waals surface area (Å²) in [5.74, 6) is 1.79. The quantitative estimate of drug-likeness (QED) is 0.844. The summed E-state index contributed by atoms with van der Waals surface area (Å²) in [4.78, 5) is 4.32. The molecule has 18 heavy (non-hydrogen) atoms. The van der Waals surface area contributed by atoms with Crippen LogP contribution >= 0.6 is 0 Å². The normalized spacial score (nSPS) is 20.5. The average molecular weight is 252 g/mol. The smallest absolute Gasteiger partial charge is 0.195 e. The Morgan fingerprint density at radius 1 is 1.44 bits per heavy atom. The van der Waals surface area contributed by atoms with Crippen LogP contribution in [0.2, 0.25) is 0 Å². The first-order valence-corrected chi connectivity index (χ1v) is 7.02. The fraction of sp³-hybridized carbons (Fsp3) is 0.786. The molecule has 0 aliphatic carbocycles. The second-order valence-electron chi connectivity index (χ2n) is 5.27. The molecule has 1 atom stereocenters. The molecule has 1 aromatic heterocycles. The molecule has 4 nitrogen and oxygen atoms in total. The van der Waals surface area contributed by atoms with Crippen LogP contribution in [0.3, 0.4) is 0 Å². The van der Waals surface area contributed by atoms with Crippen LogP contribution in [0.1, 0.15) is 44.8 Å². The highest BCUT2D eigenvalue weighted by molar-refractivity contribution is 4.97. The van der Waals surface area contributed by atoms with E-state index >= 15 is 0 Å². The third-order valence-corrected chi connectivity index (χ3v) is 3.20. The molecule has 2 heterocycles. The Bertz CT molecular complexity index is 343. The van der Waals surface area contributed by atoms with E-state index in [0.29, 0.717) is 12.1 Å². The molecule has 1 aliphatic heterocycles. The van der Waals surface area contributed by atoms with Gasteiger partial charge in [-0.15, -0.1) is 0 Å². The van der Waals surface area contributed by atoms with Gasteiger partial charge in [0.15, 0.2) is 5.89 Å². The van der Waals surface area contributed by atoms with Crippen molar-refractivity contribution < 1.29 is 9.15 Å². The summed E-state index contributed by atoms with van der Waals surface area (Å²) >= 11 is 0. The standard InChI is InChI=1S/C14H24N2O2/c1-11(2)15-7-6-14-16-10-13(18-14)9-12-5-3-4-8-17-12/h10-12,15H,3-9H2,1-2H3. The van der Waals surface area contributed by atoms with Crippen LogP contribution in [0.5, 0.6) is 0 Å². The highest BCUT2D eigenvalue weighted by Gasteiger charge is 2.16. The van der Waals surface area contributed by atoms with Gasteiger partial charge >= 0.3 is 0 Å². The third kappa shape index (κ3) is 4.42. The molecule has 1 saturated heterocycles. The highest BCUT2D eigenvalue weighted by Crippen LogP contribution is 2.17. The summed E-state index contributed by atoms with van der Waals surface area (Å²) in [6.45, 7) is 6.09. The zero-order chi connectivity index (χ0) is 12.8. The van der Waals surface area contributed by atoms with Crippen molar-refractivity contribution in [2.45, 2.75) is 58.1 Å². The van der Waals surface area contributed by atoms with Crippen molar-refractivity contribution in [3.8, 4) is 0 Å². The van der Waals surface area contributed by atoms with Crippen molar-refractivity contribution in [1.82, 2.24) is 10.3 Å². The minimum Gasteiger partial charge on any atom is -0.446 e. The van der Waals surface area contributed by atoms with Crippen LogP contribution in [0, 0.1) is 0 Å². The minimum atomic E-state index is 0.327. The lowest BCUT2D eigenvalue weighted by molar-refractivity contribution is 0.0138. The Labute approximate surface area is 109 Å². The van der Waals surface area contributed by atoms with Crippen LogP contribution in [0.25, 0.3) is 0 Å². The molecule has 0 spiro atoms. The maximum atomic E-state index is 5.74. The monoisotopic (exact) mass is 252 g/mol. The van der Waals surface area contributed by atoms with Gasteiger partial charge in [0.25, 0.3) is 0 Å². The lowest BCUT2D eigenvalue weighted by Crippen LogP contribution is -2.25. The summed E-state index contributed by atoms with van der Waals surface area (Å²) < 4.78 is 11.4. The Kier molecular flexibility index (Phi) is 5.20. The molecule has 0 bridgehead atoms. The zero-order valence-corrected chi connectivity index (χ0v) is 11.4. The van der Waals surface area contributed by atoms with E-state index in [4.69, 9.17) is 9.15 Å². The van der Waals surface area contributed by atoms with Gasteiger partial charge in [-0.25, -0.2) is 4.98 Å². The van der Waals surface area contributed by atoms with E-state index in [1.54, 1.807) is 0 Å². The molecule has 0 radical (unpaired) electrons. The number of nitrogens with one attached hydrogen (secondary N) is 1. The van der Waals surface area contributed by atoms with Crippen molar-refractivity contribution in [3.05, 3.63) is 17.8 Å². The predicted octanol–water partition coefficient (Wildman–Crippen LogP) is 2.33. The van der Waals surface area contributed by atoms with Crippen molar-refractivity contribution in [1.29, 1.82) is 0 Å². The molecule has 0 aromatic carbocycles. The number of rotatable bonds is 6. The van der Waals surface area contributed by atoms with E-state index in [2.05, 4.69) is 24.1 Å². The number of aromatic nitrogens is 1. The van der Waals surface area contributed by atoms with Gasteiger partial charge in [0.2, 0.25) is 0 Å². The van der Waals surface area contributed by atoms with E-state index in [9.17, 15) is 0 Å². The van der Waals surface area contributed by atoms with Crippen LogP contribution in [0.15, 0.2) is 10.6 Å². The largest absolute Gasteiger partial charge is 0.446 e. The number of nitrogens with zero attached hydrogens (tertiary/aromatic N) is 1. The van der Waals surface area contributed by atoms with Gasteiger partial charge in [-0.1, -0.05) is 13.8 Å². The van der Waals surface area contributed by atoms with Crippen molar-refractivity contribution >= 4 is 0 Å². The molecular formula is C14H24N2O2. The molecule has 0 amide bonds. The van der Waals surface area contributed by atoms with E-state index in [1.165, 1.54) is 12.8 Å². The number of oxazole rings is 1. The fourth-order valence-electron chi connectivity index (χ4n) is 2.22. The van der Waals surface area contributed by atoms with Crippen molar-refractivity contribution in [2.24, 2.45) is 0 Å². The van der Waals surface area contributed by atoms with E-state index < -0.39 is 0 Å². The van der Waals surface area contributed by atoms with Gasteiger partial charge < -0.3 is 14.5 Å². The number of ether oxygens (including phenoxy) is 1. The molecule has 4 heteroatoms. The highest BCUT2D eigenvalue weighted by atomic mass is 16.5. The summed E-state index contributed by atoms with van der Waals surface area (Å²) in [7, 11) is 0. The summed E-state index contributed by atoms with van der Waals surface area (Å²) in [6, 6.07) is 0.509. The molecular weight excluding hydrogens is 228 g/mol. The van der Waals surface area contributed by atoms with Gasteiger partial charge in [-0.3, -0.25) is 0 Å². The lowest BCUT2D eigenvalue weighted by atomic mass is 10.1. The maximum absolute atomic E-state index is 5.74. The van der Waals surface area contributed by atoms with E-state index in [1.807, 2.05) is 6.20 Å². The van der Waals surface area contributed by atoms with Gasteiger partial charge in [0.1, 0.15) is 5.76 Å². The zero-order valence-electron chi connectivity index (χ0n) is 11.4. The lowest BCUT2D eigenvalue weighted by Gasteiger charge is -2.21. The Hall–Kier alpha value is -0.870. The summed E-state index contributed by atoms with van der Waals surface area (Å²) in [5.41, 5.74) is 0. The first-order chi connectivity index (χ1) is 8.74. The SMILES string of the molecule is CC(C)NCCc1ncc(CC2CCCCO2)o1. The molecule has 0 saturated carbocycles. The van der Waals surface area contributed by atoms with Gasteiger partial charge in [0, 0.05) is 32.0 Å². The van der Waals surface area contributed by atoms with Crippen molar-refractivity contribution in [2.75, 3.05) is 13.2 Å². The van der Waals surface area contributed by atoms with Crippen LogP contribution < -0.4 is 5.32 Å². The molecule has 1 aliphatic rings. The second kappa shape index (κ2) is 6.90. The Morgan fingerprint density at radius 3 is 3.06 bits per heavy atom. The van der Waals surface area contributed by atoms with Gasteiger partial charge in [0.05, 0.1) is 12.3 Å². The molecule has 102 valence electrons. The van der Waals surface area contributed by atoms with Crippen molar-refractivity contribution in [3.63, 3.8) is 0 Å². The van der Waals surface area contributed by atoms with Gasteiger partial charge in [-0.2, -0.15) is 0 Å². The second-order valence-corrected chi connectivity index (χ2v) is 5.27. The average Bonchev–Trinajstić information content (AvgIpc) is 2.78. The Balaban J connectivity index is 1.74. The molecule has 1 N–H and O–H groups in total. The minimum absolute atomic E-state index is 0.327.